The molecule has 1 aliphatic carbocycles. The molecule has 1 fully saturated rings. The van der Waals surface area contributed by atoms with Gasteiger partial charge in [-0.1, -0.05) is 13.3 Å². The first-order valence-electron chi connectivity index (χ1n) is 6.65. The maximum absolute atomic E-state index is 5.93. The number of hydrogen-bond donors (Lipinski definition) is 2. The normalized spacial score (nSPS) is 23.2. The fourth-order valence-corrected chi connectivity index (χ4v) is 2.60. The Morgan fingerprint density at radius 1 is 1.44 bits per heavy atom. The summed E-state index contributed by atoms with van der Waals surface area (Å²) in [6, 6.07) is 0.333. The van der Waals surface area contributed by atoms with Gasteiger partial charge in [0, 0.05) is 12.7 Å². The zero-order valence-electron chi connectivity index (χ0n) is 11.1. The van der Waals surface area contributed by atoms with E-state index in [4.69, 9.17) is 10.5 Å². The van der Waals surface area contributed by atoms with Gasteiger partial charge < -0.3 is 15.8 Å². The van der Waals surface area contributed by atoms with Crippen LogP contribution in [0.5, 0.6) is 0 Å². The van der Waals surface area contributed by atoms with Crippen LogP contribution in [0.1, 0.15) is 38.2 Å². The van der Waals surface area contributed by atoms with Crippen molar-refractivity contribution >= 4 is 11.6 Å². The van der Waals surface area contributed by atoms with Crippen LogP contribution >= 0.6 is 0 Å². The number of ether oxygens (including phenoxy) is 1. The zero-order valence-corrected chi connectivity index (χ0v) is 11.1. The highest BCUT2D eigenvalue weighted by molar-refractivity contribution is 5.55. The highest BCUT2D eigenvalue weighted by Crippen LogP contribution is 2.27. The number of methoxy groups -OCH3 is 1. The van der Waals surface area contributed by atoms with Crippen molar-refractivity contribution in [2.45, 2.75) is 51.2 Å². The summed E-state index contributed by atoms with van der Waals surface area (Å²) in [5.41, 5.74) is 6.96. The van der Waals surface area contributed by atoms with Gasteiger partial charge in [-0.25, -0.2) is 9.97 Å². The number of nitrogens with two attached hydrogens (primary N) is 1. The molecule has 0 radical (unpaired) electrons. The van der Waals surface area contributed by atoms with Gasteiger partial charge in [0.1, 0.15) is 18.0 Å². The molecule has 0 amide bonds. The van der Waals surface area contributed by atoms with Crippen molar-refractivity contribution in [2.24, 2.45) is 0 Å². The molecule has 1 aromatic rings. The molecule has 0 aromatic carbocycles. The van der Waals surface area contributed by atoms with Crippen LogP contribution in [0, 0.1) is 0 Å². The Hall–Kier alpha value is -1.36. The molecular weight excluding hydrogens is 228 g/mol. The lowest BCUT2D eigenvalue weighted by atomic mass is 10.1. The van der Waals surface area contributed by atoms with Gasteiger partial charge in [-0.15, -0.1) is 0 Å². The predicted octanol–water partition coefficient (Wildman–Crippen LogP) is 1.99. The van der Waals surface area contributed by atoms with Gasteiger partial charge in [0.05, 0.1) is 12.1 Å². The van der Waals surface area contributed by atoms with Crippen LogP contribution < -0.4 is 11.1 Å². The molecule has 0 bridgehead atoms. The van der Waals surface area contributed by atoms with Crippen LogP contribution in [0.4, 0.5) is 11.6 Å². The molecular formula is C13H22N4O. The van der Waals surface area contributed by atoms with Gasteiger partial charge in [-0.3, -0.25) is 0 Å². The fraction of sp³-hybridized carbons (Fsp3) is 0.692. The minimum atomic E-state index is 0.274. The van der Waals surface area contributed by atoms with Crippen molar-refractivity contribution in [3.8, 4) is 0 Å². The number of hydrogen-bond acceptors (Lipinski definition) is 5. The first-order valence-corrected chi connectivity index (χ1v) is 6.65. The van der Waals surface area contributed by atoms with Gasteiger partial charge in [-0.2, -0.15) is 0 Å². The molecule has 0 aliphatic heterocycles. The summed E-state index contributed by atoms with van der Waals surface area (Å²) in [4.78, 5) is 8.40. The fourth-order valence-electron chi connectivity index (χ4n) is 2.60. The van der Waals surface area contributed by atoms with Crippen molar-refractivity contribution in [3.63, 3.8) is 0 Å². The van der Waals surface area contributed by atoms with Gasteiger partial charge >= 0.3 is 0 Å². The van der Waals surface area contributed by atoms with E-state index in [0.29, 0.717) is 11.9 Å². The summed E-state index contributed by atoms with van der Waals surface area (Å²) < 4.78 is 5.49. The smallest absolute Gasteiger partial charge is 0.135 e. The SMILES string of the molecule is CCCc1c(N)ncnc1NC1CCCC1OC. The molecule has 5 nitrogen and oxygen atoms in total. The summed E-state index contributed by atoms with van der Waals surface area (Å²) in [6.07, 6.45) is 7.15. The summed E-state index contributed by atoms with van der Waals surface area (Å²) in [6.45, 7) is 2.13. The first-order chi connectivity index (χ1) is 8.76. The van der Waals surface area contributed by atoms with Crippen molar-refractivity contribution in [2.75, 3.05) is 18.2 Å². The maximum Gasteiger partial charge on any atom is 0.135 e. The van der Waals surface area contributed by atoms with E-state index in [2.05, 4.69) is 22.2 Å². The maximum atomic E-state index is 5.93. The molecule has 2 atom stereocenters. The largest absolute Gasteiger partial charge is 0.383 e. The van der Waals surface area contributed by atoms with Crippen molar-refractivity contribution < 1.29 is 4.74 Å². The lowest BCUT2D eigenvalue weighted by Crippen LogP contribution is -2.30. The Labute approximate surface area is 108 Å². The monoisotopic (exact) mass is 250 g/mol. The third-order valence-corrected chi connectivity index (χ3v) is 3.56. The van der Waals surface area contributed by atoms with Crippen LogP contribution in [0.2, 0.25) is 0 Å². The number of aromatic nitrogens is 2. The molecule has 1 heterocycles. The van der Waals surface area contributed by atoms with Crippen LogP contribution in [-0.4, -0.2) is 29.2 Å². The molecule has 0 saturated heterocycles. The average molecular weight is 250 g/mol. The van der Waals surface area contributed by atoms with Gasteiger partial charge in [0.25, 0.3) is 0 Å². The van der Waals surface area contributed by atoms with E-state index < -0.39 is 0 Å². The standard InChI is InChI=1S/C13H22N4O/c1-3-5-9-12(14)15-8-16-13(9)17-10-6-4-7-11(10)18-2/h8,10-11H,3-7H2,1-2H3,(H3,14,15,16,17). The highest BCUT2D eigenvalue weighted by atomic mass is 16.5. The number of nitrogens with zero attached hydrogens (tertiary/aromatic N) is 2. The number of anilines is 2. The highest BCUT2D eigenvalue weighted by Gasteiger charge is 2.28. The Kier molecular flexibility index (Phi) is 4.36. The van der Waals surface area contributed by atoms with E-state index in [9.17, 15) is 0 Å². The van der Waals surface area contributed by atoms with E-state index >= 15 is 0 Å². The second-order valence-electron chi connectivity index (χ2n) is 4.79. The summed E-state index contributed by atoms with van der Waals surface area (Å²) in [5, 5.41) is 3.48. The van der Waals surface area contributed by atoms with Gasteiger partial charge in [0.15, 0.2) is 0 Å². The molecule has 1 aliphatic rings. The molecule has 2 unspecified atom stereocenters. The number of nitrogen functional groups attached to an aromatic ring is 1. The van der Waals surface area contributed by atoms with E-state index in [1.54, 1.807) is 7.11 Å². The van der Waals surface area contributed by atoms with Gasteiger partial charge in [0.2, 0.25) is 0 Å². The molecule has 0 spiro atoms. The van der Waals surface area contributed by atoms with Crippen LogP contribution in [0.15, 0.2) is 6.33 Å². The van der Waals surface area contributed by atoms with Crippen LogP contribution in [0.3, 0.4) is 0 Å². The van der Waals surface area contributed by atoms with E-state index in [0.717, 1.165) is 37.1 Å². The van der Waals surface area contributed by atoms with Gasteiger partial charge in [-0.05, 0) is 25.7 Å². The Morgan fingerprint density at radius 3 is 3.00 bits per heavy atom. The minimum absolute atomic E-state index is 0.274. The zero-order chi connectivity index (χ0) is 13.0. The third-order valence-electron chi connectivity index (χ3n) is 3.56. The molecule has 2 rings (SSSR count). The number of nitrogens with one attached hydrogen (secondary N) is 1. The predicted molar refractivity (Wildman–Crippen MR) is 72.5 cm³/mol. The van der Waals surface area contributed by atoms with Crippen molar-refractivity contribution in [1.29, 1.82) is 0 Å². The molecule has 1 saturated carbocycles. The van der Waals surface area contributed by atoms with Crippen LogP contribution in [-0.2, 0) is 11.2 Å². The Bertz CT molecular complexity index is 397. The third kappa shape index (κ3) is 2.72. The Balaban J connectivity index is 2.15. The molecule has 3 N–H and O–H groups in total. The first kappa shape index (κ1) is 13.1. The Morgan fingerprint density at radius 2 is 2.28 bits per heavy atom. The average Bonchev–Trinajstić information content (AvgIpc) is 2.81. The van der Waals surface area contributed by atoms with Crippen LogP contribution in [0.25, 0.3) is 0 Å². The van der Waals surface area contributed by atoms with Crippen molar-refractivity contribution in [1.82, 2.24) is 9.97 Å². The summed E-state index contributed by atoms with van der Waals surface area (Å²) >= 11 is 0. The summed E-state index contributed by atoms with van der Waals surface area (Å²) in [5.74, 6) is 1.46. The lowest BCUT2D eigenvalue weighted by molar-refractivity contribution is 0.101. The summed E-state index contributed by atoms with van der Waals surface area (Å²) in [7, 11) is 1.77. The number of rotatable bonds is 5. The second kappa shape index (κ2) is 6.00. The second-order valence-corrected chi connectivity index (χ2v) is 4.79. The van der Waals surface area contributed by atoms with E-state index in [1.165, 1.54) is 12.7 Å². The quantitative estimate of drug-likeness (QED) is 0.836. The molecule has 1 aromatic heterocycles. The molecule has 5 heteroatoms. The van der Waals surface area contributed by atoms with E-state index in [1.807, 2.05) is 0 Å². The molecule has 18 heavy (non-hydrogen) atoms. The lowest BCUT2D eigenvalue weighted by Gasteiger charge is -2.22. The minimum Gasteiger partial charge on any atom is -0.383 e. The van der Waals surface area contributed by atoms with E-state index in [-0.39, 0.29) is 6.10 Å². The van der Waals surface area contributed by atoms with Crippen molar-refractivity contribution in [3.05, 3.63) is 11.9 Å². The topological polar surface area (TPSA) is 73.1 Å². The molecule has 100 valence electrons.